The Bertz CT molecular complexity index is 2010. The molecule has 0 saturated carbocycles. The van der Waals surface area contributed by atoms with Crippen LogP contribution in [0, 0.1) is 5.92 Å². The molecule has 7 rings (SSSR count). The number of aromatic nitrogens is 3. The highest BCUT2D eigenvalue weighted by Crippen LogP contribution is 2.40. The van der Waals surface area contributed by atoms with E-state index in [1.807, 2.05) is 67.1 Å². The number of amides is 2. The highest BCUT2D eigenvalue weighted by Gasteiger charge is 2.38. The molecular formula is C38H34ClN5O3S. The van der Waals surface area contributed by atoms with Crippen molar-refractivity contribution in [2.24, 2.45) is 5.92 Å². The fourth-order valence-electron chi connectivity index (χ4n) is 6.76. The van der Waals surface area contributed by atoms with Gasteiger partial charge in [-0.15, -0.1) is 0 Å². The van der Waals surface area contributed by atoms with Crippen molar-refractivity contribution in [1.82, 2.24) is 24.3 Å². The van der Waals surface area contributed by atoms with Crippen molar-refractivity contribution in [2.75, 3.05) is 13.1 Å². The van der Waals surface area contributed by atoms with Crippen LogP contribution in [0.15, 0.2) is 127 Å². The van der Waals surface area contributed by atoms with Gasteiger partial charge in [-0.05, 0) is 47.7 Å². The quantitative estimate of drug-likeness (QED) is 0.182. The first-order chi connectivity index (χ1) is 23.4. The number of hydrogen-bond donors (Lipinski definition) is 1. The number of thiazole rings is 1. The summed E-state index contributed by atoms with van der Waals surface area (Å²) in [5.74, 6) is -0.400. The number of benzene rings is 4. The maximum Gasteiger partial charge on any atom is 0.308 e. The van der Waals surface area contributed by atoms with Crippen molar-refractivity contribution in [3.05, 3.63) is 159 Å². The smallest absolute Gasteiger partial charge is 0.308 e. The molecule has 48 heavy (non-hydrogen) atoms. The van der Waals surface area contributed by atoms with Gasteiger partial charge < -0.3 is 14.8 Å². The SMILES string of the molecule is O=C(NCc1cn(C(c2ccccc2)(c2ccccc2)c2ccccc2)cn1)C1CCN(C(=O)Cn2c(=O)sc3ccc(Cl)cc32)CC1. The number of carbonyl (C=O) groups is 2. The Kier molecular flexibility index (Phi) is 8.97. The van der Waals surface area contributed by atoms with Gasteiger partial charge in [-0.3, -0.25) is 19.0 Å². The summed E-state index contributed by atoms with van der Waals surface area (Å²) in [6.07, 6.45) is 4.96. The minimum absolute atomic E-state index is 0.0465. The zero-order chi connectivity index (χ0) is 33.1. The molecule has 0 unspecified atom stereocenters. The Morgan fingerprint density at radius 1 is 0.854 bits per heavy atom. The van der Waals surface area contributed by atoms with E-state index in [2.05, 4.69) is 46.3 Å². The van der Waals surface area contributed by atoms with Crippen LogP contribution in [-0.2, 0) is 28.2 Å². The van der Waals surface area contributed by atoms with Crippen molar-refractivity contribution in [1.29, 1.82) is 0 Å². The van der Waals surface area contributed by atoms with E-state index in [1.54, 1.807) is 23.1 Å². The molecule has 0 bridgehead atoms. The van der Waals surface area contributed by atoms with Gasteiger partial charge in [0.1, 0.15) is 12.1 Å². The van der Waals surface area contributed by atoms with Crippen LogP contribution in [0.3, 0.4) is 0 Å². The second-order valence-electron chi connectivity index (χ2n) is 12.0. The van der Waals surface area contributed by atoms with E-state index < -0.39 is 5.54 Å². The highest BCUT2D eigenvalue weighted by molar-refractivity contribution is 7.16. The standard InChI is InChI=1S/C38H34ClN5O3S/c39-31-16-17-34-33(22-31)44(37(47)48-34)25-35(45)42-20-18-27(19-21-42)36(46)40-23-32-24-43(26-41-32)38(28-10-4-1-5-11-28,29-12-6-2-7-13-29)30-14-8-3-9-15-30/h1-17,22,24,26-27H,18-21,23,25H2,(H,40,46). The Hall–Kier alpha value is -4.99. The topological polar surface area (TPSA) is 89.2 Å². The average Bonchev–Trinajstić information content (AvgIpc) is 3.73. The fourth-order valence-corrected chi connectivity index (χ4v) is 7.79. The van der Waals surface area contributed by atoms with Crippen molar-refractivity contribution >= 4 is 45.0 Å². The van der Waals surface area contributed by atoms with Gasteiger partial charge in [-0.2, -0.15) is 0 Å². The lowest BCUT2D eigenvalue weighted by Gasteiger charge is -2.37. The van der Waals surface area contributed by atoms with Gasteiger partial charge in [0.15, 0.2) is 0 Å². The first-order valence-corrected chi connectivity index (χ1v) is 17.2. The summed E-state index contributed by atoms with van der Waals surface area (Å²) in [5.41, 5.74) is 4.02. The number of halogens is 1. The van der Waals surface area contributed by atoms with Crippen LogP contribution < -0.4 is 10.2 Å². The first kappa shape index (κ1) is 31.6. The average molecular weight is 676 g/mol. The number of carbonyl (C=O) groups excluding carboxylic acids is 2. The van der Waals surface area contributed by atoms with Gasteiger partial charge in [0, 0.05) is 30.2 Å². The van der Waals surface area contributed by atoms with E-state index in [0.717, 1.165) is 38.4 Å². The van der Waals surface area contributed by atoms with Gasteiger partial charge >= 0.3 is 4.87 Å². The molecule has 1 fully saturated rings. The van der Waals surface area contributed by atoms with E-state index in [9.17, 15) is 14.4 Å². The number of hydrogen-bond acceptors (Lipinski definition) is 5. The maximum absolute atomic E-state index is 13.3. The number of imidazole rings is 1. The molecule has 1 saturated heterocycles. The first-order valence-electron chi connectivity index (χ1n) is 16.0. The summed E-state index contributed by atoms with van der Waals surface area (Å²) in [6.45, 7) is 1.15. The molecule has 0 spiro atoms. The predicted octanol–water partition coefficient (Wildman–Crippen LogP) is 6.31. The van der Waals surface area contributed by atoms with E-state index >= 15 is 0 Å². The van der Waals surface area contributed by atoms with Gasteiger partial charge in [-0.1, -0.05) is 114 Å². The number of nitrogens with zero attached hydrogens (tertiary/aromatic N) is 4. The molecular weight excluding hydrogens is 642 g/mol. The molecule has 6 aromatic rings. The fraction of sp³-hybridized carbons (Fsp3) is 0.211. The molecule has 1 N–H and O–H groups in total. The molecule has 0 aliphatic carbocycles. The number of piperidine rings is 1. The van der Waals surface area contributed by atoms with Crippen molar-refractivity contribution in [2.45, 2.75) is 31.5 Å². The molecule has 0 radical (unpaired) electrons. The third kappa shape index (κ3) is 6.07. The lowest BCUT2D eigenvalue weighted by atomic mass is 9.77. The number of fused-ring (bicyclic) bond motifs is 1. The van der Waals surface area contributed by atoms with Crippen molar-refractivity contribution < 1.29 is 9.59 Å². The molecule has 2 amide bonds. The second kappa shape index (κ2) is 13.6. The molecule has 4 aromatic carbocycles. The lowest BCUT2D eigenvalue weighted by Crippen LogP contribution is -2.44. The second-order valence-corrected chi connectivity index (χ2v) is 13.4. The minimum atomic E-state index is -0.675. The van der Waals surface area contributed by atoms with E-state index in [-0.39, 0.29) is 35.7 Å². The van der Waals surface area contributed by atoms with Crippen LogP contribution in [0.25, 0.3) is 10.2 Å². The Morgan fingerprint density at radius 3 is 2.02 bits per heavy atom. The lowest BCUT2D eigenvalue weighted by molar-refractivity contribution is -0.136. The third-order valence-electron chi connectivity index (χ3n) is 9.18. The largest absolute Gasteiger partial charge is 0.350 e. The van der Waals surface area contributed by atoms with E-state index in [0.29, 0.717) is 36.5 Å². The summed E-state index contributed by atoms with van der Waals surface area (Å²) in [4.78, 5) is 45.3. The molecule has 1 aliphatic heterocycles. The summed E-state index contributed by atoms with van der Waals surface area (Å²) < 4.78 is 4.41. The molecule has 10 heteroatoms. The predicted molar refractivity (Wildman–Crippen MR) is 189 cm³/mol. The van der Waals surface area contributed by atoms with Crippen molar-refractivity contribution in [3.63, 3.8) is 0 Å². The molecule has 1 aliphatic rings. The Morgan fingerprint density at radius 2 is 1.44 bits per heavy atom. The van der Waals surface area contributed by atoms with E-state index in [1.165, 1.54) is 4.57 Å². The summed E-state index contributed by atoms with van der Waals surface area (Å²) in [7, 11) is 0. The van der Waals surface area contributed by atoms with Crippen LogP contribution in [0.1, 0.15) is 35.2 Å². The monoisotopic (exact) mass is 675 g/mol. The van der Waals surface area contributed by atoms with Crippen LogP contribution in [0.2, 0.25) is 5.02 Å². The summed E-state index contributed by atoms with van der Waals surface area (Å²) >= 11 is 7.25. The van der Waals surface area contributed by atoms with Crippen LogP contribution in [0.4, 0.5) is 0 Å². The van der Waals surface area contributed by atoms with Gasteiger partial charge in [0.05, 0.1) is 28.8 Å². The zero-order valence-corrected chi connectivity index (χ0v) is 27.7. The third-order valence-corrected chi connectivity index (χ3v) is 10.4. The highest BCUT2D eigenvalue weighted by atomic mass is 35.5. The zero-order valence-electron chi connectivity index (χ0n) is 26.2. The van der Waals surface area contributed by atoms with Gasteiger partial charge in [-0.25, -0.2) is 4.98 Å². The molecule has 0 atom stereocenters. The van der Waals surface area contributed by atoms with Crippen LogP contribution >= 0.6 is 22.9 Å². The normalized spacial score (nSPS) is 13.9. The maximum atomic E-state index is 13.3. The molecule has 2 aromatic heterocycles. The molecule has 242 valence electrons. The Labute approximate surface area is 287 Å². The van der Waals surface area contributed by atoms with Crippen LogP contribution in [0.5, 0.6) is 0 Å². The van der Waals surface area contributed by atoms with Gasteiger partial charge in [0.2, 0.25) is 11.8 Å². The molecule has 3 heterocycles. The van der Waals surface area contributed by atoms with Crippen molar-refractivity contribution in [3.8, 4) is 0 Å². The number of nitrogens with one attached hydrogen (secondary N) is 1. The summed E-state index contributed by atoms with van der Waals surface area (Å²) in [6, 6.07) is 36.4. The minimum Gasteiger partial charge on any atom is -0.350 e. The number of rotatable bonds is 9. The Balaban J connectivity index is 1.03. The summed E-state index contributed by atoms with van der Waals surface area (Å²) in [5, 5.41) is 3.61. The van der Waals surface area contributed by atoms with Gasteiger partial charge in [0.25, 0.3) is 0 Å². The number of likely N-dealkylation sites (tertiary alicyclic amines) is 1. The van der Waals surface area contributed by atoms with Crippen LogP contribution in [-0.4, -0.2) is 43.9 Å². The molecule has 8 nitrogen and oxygen atoms in total. The van der Waals surface area contributed by atoms with E-state index in [4.69, 9.17) is 16.6 Å².